The second kappa shape index (κ2) is 7.16. The highest BCUT2D eigenvalue weighted by Crippen LogP contribution is 2.14. The third kappa shape index (κ3) is 4.14. The molecule has 16 heavy (non-hydrogen) atoms. The van der Waals surface area contributed by atoms with E-state index in [2.05, 4.69) is 10.6 Å². The van der Waals surface area contributed by atoms with Crippen molar-refractivity contribution in [3.8, 4) is 0 Å². The summed E-state index contributed by atoms with van der Waals surface area (Å²) in [5.41, 5.74) is 1.64. The first kappa shape index (κ1) is 12.9. The Kier molecular flexibility index (Phi) is 5.77. The number of aliphatic hydroxyl groups excluding tert-OH is 1. The summed E-state index contributed by atoms with van der Waals surface area (Å²) in [7, 11) is 1.64. The van der Waals surface area contributed by atoms with Crippen LogP contribution in [0.25, 0.3) is 0 Å². The number of thiocarbonyl (C=S) groups is 1. The number of methoxy groups -OCH3 is 1. The Labute approximate surface area is 101 Å². The molecule has 3 N–H and O–H groups in total. The van der Waals surface area contributed by atoms with Crippen molar-refractivity contribution in [1.82, 2.24) is 5.32 Å². The third-order valence-electron chi connectivity index (χ3n) is 2.03. The molecule has 0 unspecified atom stereocenters. The molecular weight excluding hydrogens is 224 g/mol. The molecule has 0 aliphatic rings. The summed E-state index contributed by atoms with van der Waals surface area (Å²) in [6.45, 7) is 1.25. The Morgan fingerprint density at radius 3 is 2.88 bits per heavy atom. The maximum Gasteiger partial charge on any atom is 0.170 e. The monoisotopic (exact) mass is 240 g/mol. The highest BCUT2D eigenvalue weighted by Gasteiger charge is 2.01. The van der Waals surface area contributed by atoms with E-state index in [-0.39, 0.29) is 6.61 Å². The van der Waals surface area contributed by atoms with Crippen molar-refractivity contribution < 1.29 is 9.84 Å². The second-order valence-corrected chi connectivity index (χ2v) is 3.60. The third-order valence-corrected chi connectivity index (χ3v) is 2.27. The predicted octanol–water partition coefficient (Wildman–Crippen LogP) is 1.11. The minimum atomic E-state index is -0.0101. The van der Waals surface area contributed by atoms with E-state index >= 15 is 0 Å². The topological polar surface area (TPSA) is 53.5 Å². The number of hydrogen-bond acceptors (Lipinski definition) is 3. The van der Waals surface area contributed by atoms with E-state index in [1.807, 2.05) is 24.3 Å². The molecule has 1 rings (SSSR count). The molecule has 0 aliphatic heterocycles. The summed E-state index contributed by atoms with van der Waals surface area (Å²) >= 11 is 5.10. The van der Waals surface area contributed by atoms with Gasteiger partial charge >= 0.3 is 0 Å². The number of anilines is 1. The van der Waals surface area contributed by atoms with Crippen molar-refractivity contribution in [2.45, 2.75) is 6.61 Å². The Balaban J connectivity index is 2.49. The van der Waals surface area contributed by atoms with Crippen LogP contribution in [0.1, 0.15) is 5.56 Å². The molecule has 0 spiro atoms. The van der Waals surface area contributed by atoms with E-state index in [0.717, 1.165) is 11.3 Å². The van der Waals surface area contributed by atoms with Crippen LogP contribution >= 0.6 is 12.2 Å². The van der Waals surface area contributed by atoms with Gasteiger partial charge in [-0.3, -0.25) is 0 Å². The Hall–Kier alpha value is -1.17. The highest BCUT2D eigenvalue weighted by atomic mass is 32.1. The fourth-order valence-electron chi connectivity index (χ4n) is 1.21. The van der Waals surface area contributed by atoms with E-state index in [0.29, 0.717) is 18.3 Å². The van der Waals surface area contributed by atoms with Crippen molar-refractivity contribution in [3.63, 3.8) is 0 Å². The molecule has 0 fully saturated rings. The first-order valence-corrected chi connectivity index (χ1v) is 5.41. The first-order chi connectivity index (χ1) is 7.77. The number of hydrogen-bond donors (Lipinski definition) is 3. The van der Waals surface area contributed by atoms with Crippen LogP contribution in [0.2, 0.25) is 0 Å². The number of aliphatic hydroxyl groups is 1. The van der Waals surface area contributed by atoms with Crippen molar-refractivity contribution in [2.24, 2.45) is 0 Å². The number of benzene rings is 1. The van der Waals surface area contributed by atoms with E-state index in [1.54, 1.807) is 7.11 Å². The average Bonchev–Trinajstić information content (AvgIpc) is 2.30. The zero-order valence-corrected chi connectivity index (χ0v) is 10.0. The van der Waals surface area contributed by atoms with Gasteiger partial charge in [0.15, 0.2) is 5.11 Å². The van der Waals surface area contributed by atoms with Crippen LogP contribution in [-0.4, -0.2) is 30.5 Å². The smallest absolute Gasteiger partial charge is 0.170 e. The molecule has 0 saturated heterocycles. The first-order valence-electron chi connectivity index (χ1n) is 5.00. The zero-order valence-electron chi connectivity index (χ0n) is 9.19. The second-order valence-electron chi connectivity index (χ2n) is 3.19. The highest BCUT2D eigenvalue weighted by molar-refractivity contribution is 7.80. The van der Waals surface area contributed by atoms with E-state index in [9.17, 15) is 0 Å². The molecule has 0 heterocycles. The van der Waals surface area contributed by atoms with Gasteiger partial charge in [-0.1, -0.05) is 18.2 Å². The van der Waals surface area contributed by atoms with Gasteiger partial charge in [-0.05, 0) is 18.3 Å². The van der Waals surface area contributed by atoms with E-state index in [1.165, 1.54) is 0 Å². The summed E-state index contributed by atoms with van der Waals surface area (Å²) in [6.07, 6.45) is 0. The summed E-state index contributed by atoms with van der Waals surface area (Å²) in [6, 6.07) is 7.48. The van der Waals surface area contributed by atoms with Crippen LogP contribution in [0, 0.1) is 0 Å². The van der Waals surface area contributed by atoms with E-state index < -0.39 is 0 Å². The maximum absolute atomic E-state index is 9.12. The molecular formula is C11H16N2O2S. The van der Waals surface area contributed by atoms with Gasteiger partial charge in [0, 0.05) is 24.9 Å². The lowest BCUT2D eigenvalue weighted by Crippen LogP contribution is -2.31. The predicted molar refractivity (Wildman–Crippen MR) is 68.5 cm³/mol. The van der Waals surface area contributed by atoms with Gasteiger partial charge in [0.05, 0.1) is 13.2 Å². The van der Waals surface area contributed by atoms with Gasteiger partial charge in [0.1, 0.15) is 0 Å². The van der Waals surface area contributed by atoms with Gasteiger partial charge in [-0.2, -0.15) is 0 Å². The Morgan fingerprint density at radius 1 is 1.44 bits per heavy atom. The van der Waals surface area contributed by atoms with Crippen LogP contribution in [0.15, 0.2) is 24.3 Å². The molecule has 0 aliphatic carbocycles. The van der Waals surface area contributed by atoms with Crippen molar-refractivity contribution >= 4 is 23.0 Å². The molecule has 0 bridgehead atoms. The molecule has 4 nitrogen and oxygen atoms in total. The fourth-order valence-corrected chi connectivity index (χ4v) is 1.43. The number of para-hydroxylation sites is 1. The number of nitrogens with one attached hydrogen (secondary N) is 2. The molecule has 0 radical (unpaired) electrons. The lowest BCUT2D eigenvalue weighted by Gasteiger charge is -2.12. The van der Waals surface area contributed by atoms with Gasteiger partial charge in [-0.15, -0.1) is 0 Å². The van der Waals surface area contributed by atoms with Crippen LogP contribution in [0.3, 0.4) is 0 Å². The number of rotatable bonds is 5. The Morgan fingerprint density at radius 2 is 2.19 bits per heavy atom. The van der Waals surface area contributed by atoms with Crippen molar-refractivity contribution in [1.29, 1.82) is 0 Å². The molecule has 5 heteroatoms. The van der Waals surface area contributed by atoms with Crippen LogP contribution in [-0.2, 0) is 11.3 Å². The minimum absolute atomic E-state index is 0.0101. The quantitative estimate of drug-likeness (QED) is 0.532. The minimum Gasteiger partial charge on any atom is -0.392 e. The molecule has 0 aromatic heterocycles. The molecule has 88 valence electrons. The largest absolute Gasteiger partial charge is 0.392 e. The van der Waals surface area contributed by atoms with E-state index in [4.69, 9.17) is 22.1 Å². The lowest BCUT2D eigenvalue weighted by atomic mass is 10.2. The lowest BCUT2D eigenvalue weighted by molar-refractivity contribution is 0.204. The summed E-state index contributed by atoms with van der Waals surface area (Å²) in [4.78, 5) is 0. The molecule has 1 aromatic rings. The summed E-state index contributed by atoms with van der Waals surface area (Å²) in [5, 5.41) is 15.7. The van der Waals surface area contributed by atoms with Gasteiger partial charge in [0.25, 0.3) is 0 Å². The normalized spacial score (nSPS) is 9.88. The van der Waals surface area contributed by atoms with Gasteiger partial charge in [0.2, 0.25) is 0 Å². The van der Waals surface area contributed by atoms with Gasteiger partial charge < -0.3 is 20.5 Å². The van der Waals surface area contributed by atoms with Crippen LogP contribution in [0.4, 0.5) is 5.69 Å². The van der Waals surface area contributed by atoms with Crippen LogP contribution in [0.5, 0.6) is 0 Å². The standard InChI is InChI=1S/C11H16N2O2S/c1-15-7-6-12-11(16)13-10-5-3-2-4-9(10)8-14/h2-5,14H,6-8H2,1H3,(H2,12,13,16). The molecule has 1 aromatic carbocycles. The maximum atomic E-state index is 9.12. The average molecular weight is 240 g/mol. The Bertz CT molecular complexity index is 345. The van der Waals surface area contributed by atoms with Crippen LogP contribution < -0.4 is 10.6 Å². The molecule has 0 atom stereocenters. The van der Waals surface area contributed by atoms with Crippen molar-refractivity contribution in [2.75, 3.05) is 25.6 Å². The summed E-state index contributed by atoms with van der Waals surface area (Å²) < 4.78 is 4.90. The summed E-state index contributed by atoms with van der Waals surface area (Å²) in [5.74, 6) is 0. The fraction of sp³-hybridized carbons (Fsp3) is 0.364. The number of ether oxygens (including phenoxy) is 1. The molecule has 0 saturated carbocycles. The van der Waals surface area contributed by atoms with Gasteiger partial charge in [-0.25, -0.2) is 0 Å². The SMILES string of the molecule is COCCNC(=S)Nc1ccccc1CO. The van der Waals surface area contributed by atoms with Crippen molar-refractivity contribution in [3.05, 3.63) is 29.8 Å². The molecule has 0 amide bonds. The zero-order chi connectivity index (χ0) is 11.8.